The number of aromatic amines is 1. The van der Waals surface area contributed by atoms with E-state index < -0.39 is 18.1 Å². The van der Waals surface area contributed by atoms with Crippen LogP contribution in [-0.4, -0.2) is 40.7 Å². The third-order valence-electron chi connectivity index (χ3n) is 6.00. The second-order valence-corrected chi connectivity index (χ2v) is 8.42. The lowest BCUT2D eigenvalue weighted by Gasteiger charge is -2.26. The quantitative estimate of drug-likeness (QED) is 0.276. The molecule has 8 nitrogen and oxygen atoms in total. The summed E-state index contributed by atoms with van der Waals surface area (Å²) in [5.74, 6) is -1.26. The van der Waals surface area contributed by atoms with Crippen LogP contribution in [0.4, 0.5) is 24.5 Å². The Bertz CT molecular complexity index is 1560. The zero-order chi connectivity index (χ0) is 26.1. The van der Waals surface area contributed by atoms with E-state index in [0.29, 0.717) is 40.2 Å². The van der Waals surface area contributed by atoms with Crippen molar-refractivity contribution >= 4 is 28.7 Å². The summed E-state index contributed by atoms with van der Waals surface area (Å²) < 4.78 is 45.9. The summed E-state index contributed by atoms with van der Waals surface area (Å²) in [6.45, 7) is 0.276. The van der Waals surface area contributed by atoms with E-state index in [1.807, 2.05) is 24.3 Å². The molecule has 2 aromatic carbocycles. The van der Waals surface area contributed by atoms with Gasteiger partial charge in [-0.05, 0) is 42.0 Å². The van der Waals surface area contributed by atoms with Crippen molar-refractivity contribution in [2.75, 3.05) is 23.9 Å². The fraction of sp³-hybridized carbons (Fsp3) is 0.154. The topological polar surface area (TPSA) is 91.2 Å². The summed E-state index contributed by atoms with van der Waals surface area (Å²) in [5.41, 5.74) is 3.96. The van der Waals surface area contributed by atoms with Gasteiger partial charge in [0.05, 0.1) is 29.2 Å². The van der Waals surface area contributed by atoms with Crippen LogP contribution >= 0.6 is 0 Å². The third kappa shape index (κ3) is 4.63. The smallest absolute Gasteiger partial charge is 0.314 e. The molecule has 188 valence electrons. The van der Waals surface area contributed by atoms with Crippen LogP contribution in [0.3, 0.4) is 0 Å². The highest BCUT2D eigenvalue weighted by Crippen LogP contribution is 2.38. The maximum absolute atomic E-state index is 15.5. The molecule has 0 saturated carbocycles. The molecular formula is C26H21F3N6O2. The molecule has 0 spiro atoms. The van der Waals surface area contributed by atoms with Crippen molar-refractivity contribution in [3.8, 4) is 22.6 Å². The molecule has 1 N–H and O–H groups in total. The summed E-state index contributed by atoms with van der Waals surface area (Å²) in [6, 6.07) is 13.8. The number of halogens is 3. The predicted octanol–water partition coefficient (Wildman–Crippen LogP) is 5.59. The van der Waals surface area contributed by atoms with Crippen LogP contribution in [0.5, 0.6) is 0 Å². The van der Waals surface area contributed by atoms with E-state index in [1.165, 1.54) is 17.2 Å². The first kappa shape index (κ1) is 24.0. The summed E-state index contributed by atoms with van der Waals surface area (Å²) in [7, 11) is 3.36. The van der Waals surface area contributed by atoms with Gasteiger partial charge in [-0.1, -0.05) is 12.1 Å². The normalized spacial score (nSPS) is 11.3. The Morgan fingerprint density at radius 1 is 1.05 bits per heavy atom. The molecule has 5 rings (SSSR count). The number of aromatic nitrogens is 4. The van der Waals surface area contributed by atoms with Gasteiger partial charge >= 0.3 is 6.43 Å². The van der Waals surface area contributed by atoms with Crippen molar-refractivity contribution < 1.29 is 22.4 Å². The number of nitrogens with one attached hydrogen (secondary N) is 1. The van der Waals surface area contributed by atoms with E-state index in [1.54, 1.807) is 43.4 Å². The van der Waals surface area contributed by atoms with Crippen LogP contribution in [-0.2, 0) is 11.3 Å². The lowest BCUT2D eigenvalue weighted by Crippen LogP contribution is -2.23. The molecule has 37 heavy (non-hydrogen) atoms. The summed E-state index contributed by atoms with van der Waals surface area (Å²) in [4.78, 5) is 22.3. The fourth-order valence-corrected chi connectivity index (χ4v) is 4.14. The van der Waals surface area contributed by atoms with E-state index in [0.717, 1.165) is 10.9 Å². The molecule has 0 radical (unpaired) electrons. The largest absolute Gasteiger partial charge is 0.415 e. The minimum atomic E-state index is -2.86. The van der Waals surface area contributed by atoms with Gasteiger partial charge in [0, 0.05) is 43.0 Å². The van der Waals surface area contributed by atoms with Crippen LogP contribution in [0, 0.1) is 5.82 Å². The number of alkyl halides is 2. The number of fused-ring (bicyclic) bond motifs is 1. The number of carbonyl (C=O) groups is 1. The Hall–Kier alpha value is -4.67. The van der Waals surface area contributed by atoms with E-state index in [9.17, 15) is 13.6 Å². The van der Waals surface area contributed by atoms with Gasteiger partial charge in [-0.25, -0.2) is 4.39 Å². The second kappa shape index (κ2) is 9.76. The number of amides is 1. The van der Waals surface area contributed by atoms with Gasteiger partial charge in [0.1, 0.15) is 5.82 Å². The summed E-state index contributed by atoms with van der Waals surface area (Å²) >= 11 is 0. The number of rotatable bonds is 8. The van der Waals surface area contributed by atoms with Crippen molar-refractivity contribution in [3.05, 3.63) is 78.3 Å². The lowest BCUT2D eigenvalue weighted by atomic mass is 9.99. The zero-order valence-corrected chi connectivity index (χ0v) is 19.8. The van der Waals surface area contributed by atoms with Crippen molar-refractivity contribution in [2.45, 2.75) is 13.0 Å². The van der Waals surface area contributed by atoms with Crippen molar-refractivity contribution in [1.29, 1.82) is 0 Å². The number of nitrogens with zero attached hydrogens (tertiary/aromatic N) is 5. The molecule has 0 saturated heterocycles. The number of anilines is 2. The number of hydrogen-bond acceptors (Lipinski definition) is 6. The first-order chi connectivity index (χ1) is 17.9. The van der Waals surface area contributed by atoms with Gasteiger partial charge in [-0.2, -0.15) is 8.78 Å². The molecule has 0 atom stereocenters. The first-order valence-electron chi connectivity index (χ1n) is 11.2. The molecule has 0 fully saturated rings. The maximum Gasteiger partial charge on any atom is 0.314 e. The van der Waals surface area contributed by atoms with Gasteiger partial charge < -0.3 is 19.2 Å². The van der Waals surface area contributed by atoms with Crippen molar-refractivity contribution in [3.63, 3.8) is 0 Å². The van der Waals surface area contributed by atoms with Crippen LogP contribution < -0.4 is 9.80 Å². The Morgan fingerprint density at radius 2 is 1.89 bits per heavy atom. The van der Waals surface area contributed by atoms with Gasteiger partial charge in [-0.3, -0.25) is 9.78 Å². The predicted molar refractivity (Wildman–Crippen MR) is 133 cm³/mol. The SMILES string of the molecule is CN(C=O)c1cc(-c2cccc3[nH]ccc23)c(F)cc1N(C)Cc1ccc(-c2nnc(C(F)F)o2)cn1. The molecule has 0 aliphatic carbocycles. The summed E-state index contributed by atoms with van der Waals surface area (Å²) in [5, 5.41) is 7.80. The van der Waals surface area contributed by atoms with Gasteiger partial charge in [-0.15, -0.1) is 10.2 Å². The molecule has 11 heteroatoms. The highest BCUT2D eigenvalue weighted by Gasteiger charge is 2.20. The minimum absolute atomic E-state index is 0.0623. The molecule has 3 heterocycles. The fourth-order valence-electron chi connectivity index (χ4n) is 4.14. The van der Waals surface area contributed by atoms with Gasteiger partial charge in [0.2, 0.25) is 12.3 Å². The average Bonchev–Trinajstić information content (AvgIpc) is 3.59. The monoisotopic (exact) mass is 506 g/mol. The molecule has 1 amide bonds. The van der Waals surface area contributed by atoms with Crippen LogP contribution in [0.1, 0.15) is 18.0 Å². The third-order valence-corrected chi connectivity index (χ3v) is 6.00. The Balaban J connectivity index is 1.45. The van der Waals surface area contributed by atoms with E-state index in [2.05, 4.69) is 20.2 Å². The number of hydrogen-bond donors (Lipinski definition) is 1. The van der Waals surface area contributed by atoms with Crippen molar-refractivity contribution in [2.24, 2.45) is 0 Å². The molecule has 0 bridgehead atoms. The van der Waals surface area contributed by atoms with Crippen molar-refractivity contribution in [1.82, 2.24) is 20.2 Å². The standard InChI is InChI=1S/C26H21F3N6O2/c1-34(13-16-7-6-15(12-31-16)25-32-33-26(37-25)24(28)29)23-11-20(27)19(10-22(23)35(2)14-36)17-4-3-5-21-18(17)8-9-30-21/h3-12,14,24,30H,13H2,1-2H3. The lowest BCUT2D eigenvalue weighted by molar-refractivity contribution is -0.107. The first-order valence-corrected chi connectivity index (χ1v) is 11.2. The molecule has 3 aromatic heterocycles. The van der Waals surface area contributed by atoms with E-state index >= 15 is 4.39 Å². The molecule has 5 aromatic rings. The Morgan fingerprint density at radius 3 is 2.59 bits per heavy atom. The number of pyridine rings is 1. The van der Waals surface area contributed by atoms with Crippen LogP contribution in [0.15, 0.2) is 65.3 Å². The maximum atomic E-state index is 15.5. The highest BCUT2D eigenvalue weighted by atomic mass is 19.3. The molecular weight excluding hydrogens is 485 g/mol. The molecule has 0 aliphatic heterocycles. The number of H-pyrrole nitrogens is 1. The van der Waals surface area contributed by atoms with Gasteiger partial charge in [0.25, 0.3) is 5.89 Å². The number of benzene rings is 2. The Kier molecular flexibility index (Phi) is 6.34. The zero-order valence-electron chi connectivity index (χ0n) is 19.8. The second-order valence-electron chi connectivity index (χ2n) is 8.42. The van der Waals surface area contributed by atoms with Crippen LogP contribution in [0.2, 0.25) is 0 Å². The molecule has 0 unspecified atom stereocenters. The summed E-state index contributed by atoms with van der Waals surface area (Å²) in [6.07, 6.45) is 1.03. The van der Waals surface area contributed by atoms with E-state index in [4.69, 9.17) is 4.42 Å². The van der Waals surface area contributed by atoms with Gasteiger partial charge in [0.15, 0.2) is 0 Å². The minimum Gasteiger partial charge on any atom is -0.415 e. The van der Waals surface area contributed by atoms with Crippen LogP contribution in [0.25, 0.3) is 33.5 Å². The number of carbonyl (C=O) groups excluding carboxylic acids is 1. The highest BCUT2D eigenvalue weighted by molar-refractivity contribution is 5.97. The Labute approximate surface area is 209 Å². The van der Waals surface area contributed by atoms with E-state index in [-0.39, 0.29) is 12.4 Å². The average molecular weight is 506 g/mol. The molecule has 0 aliphatic rings.